The van der Waals surface area contributed by atoms with E-state index in [-0.39, 0.29) is 15.9 Å². The number of anilines is 1. The van der Waals surface area contributed by atoms with Gasteiger partial charge in [-0.15, -0.1) is 0 Å². The van der Waals surface area contributed by atoms with Crippen molar-refractivity contribution in [2.45, 2.75) is 0 Å². The molecular weight excluding hydrogens is 184 g/mol. The number of halogens is 2. The van der Waals surface area contributed by atoms with Crippen molar-refractivity contribution in [3.8, 4) is 0 Å². The fraction of sp³-hybridized carbons (Fsp3) is 0.200. The van der Waals surface area contributed by atoms with Crippen LogP contribution in [-0.4, -0.2) is 24.9 Å². The van der Waals surface area contributed by atoms with Crippen LogP contribution >= 0.6 is 23.2 Å². The minimum absolute atomic E-state index is 0.0799. The Morgan fingerprint density at radius 1 is 1.36 bits per heavy atom. The van der Waals surface area contributed by atoms with E-state index in [1.54, 1.807) is 7.05 Å². The van der Waals surface area contributed by atoms with Gasteiger partial charge in [-0.1, -0.05) is 11.6 Å². The lowest BCUT2D eigenvalue weighted by Crippen LogP contribution is -2.13. The molecule has 56 valence electrons. The van der Waals surface area contributed by atoms with Crippen molar-refractivity contribution in [1.29, 1.82) is 0 Å². The second-order valence-corrected chi connectivity index (χ2v) is 2.51. The Balaban J connectivity index is 3.24. The van der Waals surface area contributed by atoms with E-state index < -0.39 is 0 Å². The number of aromatic nitrogens is 2. The number of hydrogen-bond donors (Lipinski definition) is 1. The first-order valence-electron chi connectivity index (χ1n) is 2.81. The Kier molecular flexibility index (Phi) is 2.57. The summed E-state index contributed by atoms with van der Waals surface area (Å²) in [5.41, 5.74) is 0.177. The predicted octanol–water partition coefficient (Wildman–Crippen LogP) is 0.619. The van der Waals surface area contributed by atoms with E-state index in [2.05, 4.69) is 15.3 Å². The molecule has 0 unspecified atom stereocenters. The molecule has 0 saturated carbocycles. The van der Waals surface area contributed by atoms with Crippen LogP contribution < -0.4 is 10.9 Å². The van der Waals surface area contributed by atoms with Gasteiger partial charge in [0.25, 0.3) is 0 Å². The van der Waals surface area contributed by atoms with Gasteiger partial charge in [0, 0.05) is 12.6 Å². The molecule has 11 heavy (non-hydrogen) atoms. The van der Waals surface area contributed by atoms with Gasteiger partial charge in [-0.25, -0.2) is 4.98 Å². The van der Waals surface area contributed by atoms with Gasteiger partial charge < -0.3 is 5.32 Å². The van der Waals surface area contributed by atoms with E-state index in [0.717, 1.165) is 0 Å². The lowest BCUT2D eigenvalue weighted by molar-refractivity contribution is 1.19. The highest BCUT2D eigenvalue weighted by atomic mass is 35.5. The van der Waals surface area contributed by atoms with Crippen molar-refractivity contribution in [2.24, 2.45) is 0 Å². The molecule has 1 aromatic heterocycles. The zero-order valence-electron chi connectivity index (χ0n) is 5.73. The largest absolute Gasteiger partial charge is 0.372 e. The van der Waals surface area contributed by atoms with Crippen molar-refractivity contribution >= 4 is 42.5 Å². The monoisotopic (exact) mass is 187 g/mol. The second-order valence-electron chi connectivity index (χ2n) is 1.79. The molecule has 0 aliphatic rings. The average molecular weight is 188 g/mol. The topological polar surface area (TPSA) is 37.8 Å². The quantitative estimate of drug-likeness (QED) is 0.518. The maximum absolute atomic E-state index is 5.69. The predicted molar refractivity (Wildman–Crippen MR) is 47.0 cm³/mol. The minimum Gasteiger partial charge on any atom is -0.372 e. The summed E-state index contributed by atoms with van der Waals surface area (Å²) in [6.07, 6.45) is 0. The van der Waals surface area contributed by atoms with Crippen molar-refractivity contribution < 1.29 is 0 Å². The molecule has 2 radical (unpaired) electrons. The van der Waals surface area contributed by atoms with Gasteiger partial charge in [0.15, 0.2) is 0 Å². The van der Waals surface area contributed by atoms with Crippen LogP contribution in [0.2, 0.25) is 10.3 Å². The molecule has 0 spiro atoms. The fourth-order valence-corrected chi connectivity index (χ4v) is 0.956. The van der Waals surface area contributed by atoms with E-state index in [9.17, 15) is 0 Å². The Morgan fingerprint density at radius 3 is 2.55 bits per heavy atom. The van der Waals surface area contributed by atoms with Crippen LogP contribution in [0.1, 0.15) is 0 Å². The van der Waals surface area contributed by atoms with E-state index in [0.29, 0.717) is 5.82 Å². The standard InChI is InChI=1S/C5H4BCl2N3/c1-9-4-2(7)3(6)10-5(8)11-4/h1H3,(H,9,10,11). The number of rotatable bonds is 1. The number of hydrogen-bond acceptors (Lipinski definition) is 3. The molecule has 1 rings (SSSR count). The van der Waals surface area contributed by atoms with Crippen molar-refractivity contribution in [3.05, 3.63) is 10.3 Å². The Morgan fingerprint density at radius 2 is 2.00 bits per heavy atom. The highest BCUT2D eigenvalue weighted by Crippen LogP contribution is 2.15. The van der Waals surface area contributed by atoms with Gasteiger partial charge in [0.05, 0.1) is 5.02 Å². The first-order valence-corrected chi connectivity index (χ1v) is 3.57. The van der Waals surface area contributed by atoms with Gasteiger partial charge in [-0.3, -0.25) is 0 Å². The van der Waals surface area contributed by atoms with Crippen LogP contribution in [0.25, 0.3) is 0 Å². The zero-order chi connectivity index (χ0) is 8.43. The number of nitrogens with one attached hydrogen (secondary N) is 1. The second kappa shape index (κ2) is 3.28. The van der Waals surface area contributed by atoms with Crippen molar-refractivity contribution in [1.82, 2.24) is 9.97 Å². The Hall–Kier alpha value is -0.475. The van der Waals surface area contributed by atoms with Crippen LogP contribution in [0.5, 0.6) is 0 Å². The minimum atomic E-state index is 0.0799. The molecule has 0 bridgehead atoms. The van der Waals surface area contributed by atoms with E-state index in [1.807, 2.05) is 0 Å². The molecule has 3 nitrogen and oxygen atoms in total. The van der Waals surface area contributed by atoms with Gasteiger partial charge in [0.1, 0.15) is 13.7 Å². The third-order valence-corrected chi connectivity index (χ3v) is 1.63. The van der Waals surface area contributed by atoms with Crippen LogP contribution in [0.15, 0.2) is 0 Å². The number of nitrogens with zero attached hydrogens (tertiary/aromatic N) is 2. The summed E-state index contributed by atoms with van der Waals surface area (Å²) in [5, 5.41) is 3.10. The lowest BCUT2D eigenvalue weighted by atomic mass is 10.1. The molecule has 0 aliphatic carbocycles. The fourth-order valence-electron chi connectivity index (χ4n) is 0.602. The maximum atomic E-state index is 5.69. The molecular formula is C5H4BCl2N3. The Labute approximate surface area is 75.5 Å². The van der Waals surface area contributed by atoms with Crippen LogP contribution in [-0.2, 0) is 0 Å². The summed E-state index contributed by atoms with van der Waals surface area (Å²) in [6.45, 7) is 0. The van der Waals surface area contributed by atoms with Gasteiger partial charge in [-0.05, 0) is 11.6 Å². The summed E-state index contributed by atoms with van der Waals surface area (Å²) in [6, 6.07) is 0. The molecule has 0 fully saturated rings. The maximum Gasteiger partial charge on any atom is 0.223 e. The molecule has 0 atom stereocenters. The third kappa shape index (κ3) is 1.76. The van der Waals surface area contributed by atoms with E-state index in [1.165, 1.54) is 0 Å². The summed E-state index contributed by atoms with van der Waals surface area (Å²) in [7, 11) is 7.06. The normalized spacial score (nSPS) is 9.73. The van der Waals surface area contributed by atoms with Crippen LogP contribution in [0, 0.1) is 0 Å². The summed E-state index contributed by atoms with van der Waals surface area (Å²) >= 11 is 11.2. The van der Waals surface area contributed by atoms with Crippen LogP contribution in [0.4, 0.5) is 5.82 Å². The van der Waals surface area contributed by atoms with Gasteiger partial charge in [0.2, 0.25) is 5.28 Å². The summed E-state index contributed by atoms with van der Waals surface area (Å²) < 4.78 is 0. The SMILES string of the molecule is [B]c1nc(Cl)nc(NC)c1Cl. The lowest BCUT2D eigenvalue weighted by Gasteiger charge is -2.04. The first-order chi connectivity index (χ1) is 5.15. The van der Waals surface area contributed by atoms with Crippen molar-refractivity contribution in [2.75, 3.05) is 12.4 Å². The molecule has 0 saturated heterocycles. The van der Waals surface area contributed by atoms with E-state index in [4.69, 9.17) is 31.0 Å². The van der Waals surface area contributed by atoms with Crippen molar-refractivity contribution in [3.63, 3.8) is 0 Å². The zero-order valence-corrected chi connectivity index (χ0v) is 7.24. The first kappa shape index (κ1) is 8.62. The third-order valence-electron chi connectivity index (χ3n) is 1.09. The summed E-state index contributed by atoms with van der Waals surface area (Å²) in [5.74, 6) is 0.434. The van der Waals surface area contributed by atoms with Crippen LogP contribution in [0.3, 0.4) is 0 Å². The van der Waals surface area contributed by atoms with Gasteiger partial charge in [-0.2, -0.15) is 4.98 Å². The Bertz CT molecular complexity index is 279. The molecule has 6 heteroatoms. The highest BCUT2D eigenvalue weighted by Gasteiger charge is 2.05. The smallest absolute Gasteiger partial charge is 0.223 e. The molecule has 0 amide bonds. The molecule has 0 aromatic carbocycles. The molecule has 0 aliphatic heterocycles. The average Bonchev–Trinajstić information content (AvgIpc) is 1.96. The van der Waals surface area contributed by atoms with E-state index >= 15 is 0 Å². The molecule has 1 heterocycles. The molecule has 1 N–H and O–H groups in total. The molecule has 1 aromatic rings. The summed E-state index contributed by atoms with van der Waals surface area (Å²) in [4.78, 5) is 7.43. The highest BCUT2D eigenvalue weighted by molar-refractivity contribution is 6.46. The van der Waals surface area contributed by atoms with Gasteiger partial charge >= 0.3 is 0 Å².